The van der Waals surface area contributed by atoms with E-state index < -0.39 is 0 Å². The zero-order valence-corrected chi connectivity index (χ0v) is 10.5. The van der Waals surface area contributed by atoms with Crippen molar-refractivity contribution in [2.75, 3.05) is 13.7 Å². The van der Waals surface area contributed by atoms with Crippen LogP contribution in [0.5, 0.6) is 5.75 Å². The third-order valence-corrected chi connectivity index (χ3v) is 3.81. The molecule has 3 rings (SSSR count). The minimum Gasteiger partial charge on any atom is -0.497 e. The van der Waals surface area contributed by atoms with Gasteiger partial charge in [-0.2, -0.15) is 0 Å². The molecule has 0 spiro atoms. The van der Waals surface area contributed by atoms with Gasteiger partial charge in [0.1, 0.15) is 5.75 Å². The molecule has 1 aromatic carbocycles. The van der Waals surface area contributed by atoms with Crippen molar-refractivity contribution in [2.45, 2.75) is 31.3 Å². The van der Waals surface area contributed by atoms with E-state index in [1.807, 2.05) is 24.3 Å². The summed E-state index contributed by atoms with van der Waals surface area (Å²) in [6.07, 6.45) is 1.95. The van der Waals surface area contributed by atoms with Gasteiger partial charge in [-0.15, -0.1) is 0 Å². The van der Waals surface area contributed by atoms with E-state index >= 15 is 0 Å². The van der Waals surface area contributed by atoms with E-state index in [1.54, 1.807) is 7.11 Å². The Kier molecular flexibility index (Phi) is 3.24. The average molecular weight is 249 g/mol. The minimum absolute atomic E-state index is 0.251. The second kappa shape index (κ2) is 4.88. The Hall–Kier alpha value is -1.10. The van der Waals surface area contributed by atoms with Crippen LogP contribution in [0.3, 0.4) is 0 Å². The fraction of sp³-hybridized carbons (Fsp3) is 0.571. The van der Waals surface area contributed by atoms with Gasteiger partial charge < -0.3 is 19.9 Å². The number of benzene rings is 1. The third-order valence-electron chi connectivity index (χ3n) is 3.81. The highest BCUT2D eigenvalue weighted by Gasteiger charge is 2.39. The summed E-state index contributed by atoms with van der Waals surface area (Å²) in [6, 6.07) is 8.08. The second-order valence-corrected chi connectivity index (χ2v) is 5.10. The van der Waals surface area contributed by atoms with Crippen molar-refractivity contribution in [1.82, 2.24) is 0 Å². The summed E-state index contributed by atoms with van der Waals surface area (Å²) < 4.78 is 16.9. The highest BCUT2D eigenvalue weighted by Crippen LogP contribution is 2.37. The standard InChI is InChI=1S/C14H19NO3/c1-16-12-4-2-9(3-5-12)14-17-8-10-6-11(15)7-13(10)18-14/h2-5,10-11,13-14H,6-8,15H2,1H3/t10-,11+,13-,14?/m0/s1. The van der Waals surface area contributed by atoms with Gasteiger partial charge in [-0.3, -0.25) is 0 Å². The van der Waals surface area contributed by atoms with E-state index in [0.717, 1.165) is 30.8 Å². The molecule has 1 heterocycles. The van der Waals surface area contributed by atoms with Crippen molar-refractivity contribution in [3.8, 4) is 5.75 Å². The summed E-state index contributed by atoms with van der Waals surface area (Å²) in [4.78, 5) is 0. The molecule has 4 atom stereocenters. The molecule has 0 aromatic heterocycles. The van der Waals surface area contributed by atoms with Gasteiger partial charge in [-0.1, -0.05) is 12.1 Å². The Morgan fingerprint density at radius 3 is 2.72 bits per heavy atom. The molecule has 0 amide bonds. The Bertz CT molecular complexity index is 406. The Morgan fingerprint density at radius 1 is 1.22 bits per heavy atom. The molecule has 1 aromatic rings. The Balaban J connectivity index is 1.70. The van der Waals surface area contributed by atoms with E-state index in [4.69, 9.17) is 19.9 Å². The van der Waals surface area contributed by atoms with Crippen molar-refractivity contribution in [1.29, 1.82) is 0 Å². The van der Waals surface area contributed by atoms with E-state index in [-0.39, 0.29) is 18.4 Å². The normalized spacial score (nSPS) is 35.2. The number of fused-ring (bicyclic) bond motifs is 1. The summed E-state index contributed by atoms with van der Waals surface area (Å²) in [6.45, 7) is 0.745. The van der Waals surface area contributed by atoms with Crippen LogP contribution in [0, 0.1) is 5.92 Å². The molecular weight excluding hydrogens is 230 g/mol. The van der Waals surface area contributed by atoms with Gasteiger partial charge in [0.2, 0.25) is 0 Å². The molecule has 1 unspecified atom stereocenters. The largest absolute Gasteiger partial charge is 0.497 e. The molecular formula is C14H19NO3. The number of hydrogen-bond acceptors (Lipinski definition) is 4. The van der Waals surface area contributed by atoms with Gasteiger partial charge in [0, 0.05) is 17.5 Å². The van der Waals surface area contributed by atoms with Gasteiger partial charge in [-0.25, -0.2) is 0 Å². The van der Waals surface area contributed by atoms with Crippen LogP contribution in [-0.2, 0) is 9.47 Å². The molecule has 1 saturated heterocycles. The quantitative estimate of drug-likeness (QED) is 0.869. The number of hydrogen-bond donors (Lipinski definition) is 1. The van der Waals surface area contributed by atoms with Crippen LogP contribution in [-0.4, -0.2) is 25.9 Å². The molecule has 2 aliphatic rings. The lowest BCUT2D eigenvalue weighted by atomic mass is 10.1. The number of rotatable bonds is 2. The zero-order valence-electron chi connectivity index (χ0n) is 10.5. The summed E-state index contributed by atoms with van der Waals surface area (Å²) >= 11 is 0. The van der Waals surface area contributed by atoms with Crippen molar-refractivity contribution in [3.05, 3.63) is 29.8 Å². The van der Waals surface area contributed by atoms with Crippen LogP contribution < -0.4 is 10.5 Å². The fourth-order valence-electron chi connectivity index (χ4n) is 2.81. The SMILES string of the molecule is COc1ccc(C2OC[C@@H]3C[C@@H](N)C[C@@H]3O2)cc1. The maximum atomic E-state index is 6.00. The summed E-state index contributed by atoms with van der Waals surface area (Å²) in [5, 5.41) is 0. The molecule has 18 heavy (non-hydrogen) atoms. The summed E-state index contributed by atoms with van der Waals surface area (Å²) in [7, 11) is 1.66. The van der Waals surface area contributed by atoms with E-state index in [1.165, 1.54) is 0 Å². The molecule has 4 heteroatoms. The maximum Gasteiger partial charge on any atom is 0.184 e. The first-order chi connectivity index (χ1) is 8.76. The molecule has 2 N–H and O–H groups in total. The molecule has 1 aliphatic heterocycles. The van der Waals surface area contributed by atoms with Crippen LogP contribution in [0.15, 0.2) is 24.3 Å². The van der Waals surface area contributed by atoms with Crippen LogP contribution in [0.4, 0.5) is 0 Å². The number of nitrogens with two attached hydrogens (primary N) is 1. The predicted octanol–water partition coefficient (Wildman–Crippen LogP) is 1.85. The minimum atomic E-state index is -0.262. The first kappa shape index (κ1) is 12.0. The maximum absolute atomic E-state index is 6.00. The molecule has 98 valence electrons. The molecule has 4 nitrogen and oxygen atoms in total. The van der Waals surface area contributed by atoms with Gasteiger partial charge in [0.25, 0.3) is 0 Å². The van der Waals surface area contributed by atoms with Crippen molar-refractivity contribution in [2.24, 2.45) is 11.7 Å². The molecule has 0 bridgehead atoms. The second-order valence-electron chi connectivity index (χ2n) is 5.10. The number of methoxy groups -OCH3 is 1. The van der Waals surface area contributed by atoms with Gasteiger partial charge in [0.05, 0.1) is 19.8 Å². The summed E-state index contributed by atoms with van der Waals surface area (Å²) in [5.74, 6) is 1.31. The fourth-order valence-corrected chi connectivity index (χ4v) is 2.81. The Labute approximate surface area is 107 Å². The highest BCUT2D eigenvalue weighted by atomic mass is 16.7. The monoisotopic (exact) mass is 249 g/mol. The lowest BCUT2D eigenvalue weighted by molar-refractivity contribution is -0.233. The van der Waals surface area contributed by atoms with Crippen LogP contribution in [0.2, 0.25) is 0 Å². The van der Waals surface area contributed by atoms with Gasteiger partial charge in [0.15, 0.2) is 6.29 Å². The van der Waals surface area contributed by atoms with Gasteiger partial charge >= 0.3 is 0 Å². The first-order valence-corrected chi connectivity index (χ1v) is 6.43. The first-order valence-electron chi connectivity index (χ1n) is 6.43. The van der Waals surface area contributed by atoms with Crippen LogP contribution >= 0.6 is 0 Å². The Morgan fingerprint density at radius 2 is 2.00 bits per heavy atom. The highest BCUT2D eigenvalue weighted by molar-refractivity contribution is 5.28. The van der Waals surface area contributed by atoms with Crippen molar-refractivity contribution in [3.63, 3.8) is 0 Å². The van der Waals surface area contributed by atoms with Crippen LogP contribution in [0.1, 0.15) is 24.7 Å². The average Bonchev–Trinajstić information content (AvgIpc) is 2.78. The topological polar surface area (TPSA) is 53.7 Å². The zero-order chi connectivity index (χ0) is 12.5. The third kappa shape index (κ3) is 2.23. The molecule has 0 radical (unpaired) electrons. The lowest BCUT2D eigenvalue weighted by Gasteiger charge is -2.32. The number of ether oxygens (including phenoxy) is 3. The molecule has 2 fully saturated rings. The smallest absolute Gasteiger partial charge is 0.184 e. The molecule has 1 aliphatic carbocycles. The van der Waals surface area contributed by atoms with E-state index in [9.17, 15) is 0 Å². The van der Waals surface area contributed by atoms with Crippen molar-refractivity contribution >= 4 is 0 Å². The van der Waals surface area contributed by atoms with Crippen molar-refractivity contribution < 1.29 is 14.2 Å². The van der Waals surface area contributed by atoms with E-state index in [0.29, 0.717) is 5.92 Å². The predicted molar refractivity (Wildman–Crippen MR) is 67.3 cm³/mol. The van der Waals surface area contributed by atoms with E-state index in [2.05, 4.69) is 0 Å². The molecule has 1 saturated carbocycles. The van der Waals surface area contributed by atoms with Crippen LogP contribution in [0.25, 0.3) is 0 Å². The lowest BCUT2D eigenvalue weighted by Crippen LogP contribution is -2.32. The van der Waals surface area contributed by atoms with Gasteiger partial charge in [-0.05, 0) is 25.0 Å². The summed E-state index contributed by atoms with van der Waals surface area (Å²) in [5.41, 5.74) is 7.00.